The second-order valence-electron chi connectivity index (χ2n) is 8.05. The van der Waals surface area contributed by atoms with E-state index in [0.29, 0.717) is 18.8 Å². The summed E-state index contributed by atoms with van der Waals surface area (Å²) in [5.74, 6) is -0.135. The first-order valence-corrected chi connectivity index (χ1v) is 11.0. The Kier molecular flexibility index (Phi) is 8.90. The number of aromatic amines is 1. The number of benzene rings is 1. The van der Waals surface area contributed by atoms with Crippen LogP contribution in [0.3, 0.4) is 0 Å². The van der Waals surface area contributed by atoms with Crippen molar-refractivity contribution in [2.75, 3.05) is 29.0 Å². The highest BCUT2D eigenvalue weighted by Gasteiger charge is 2.21. The SMILES string of the molecule is CCCCCN(CC(=O)Nc1cc(C)cc(C)c1)c1c(N)n(CCCC)c(=O)[nH]c1=O. The number of anilines is 3. The second-order valence-corrected chi connectivity index (χ2v) is 8.05. The van der Waals surface area contributed by atoms with Gasteiger partial charge in [-0.3, -0.25) is 19.1 Å². The molecule has 170 valence electrons. The number of carbonyl (C=O) groups excluding carboxylic acids is 1. The van der Waals surface area contributed by atoms with E-state index in [4.69, 9.17) is 5.73 Å². The topological polar surface area (TPSA) is 113 Å². The fourth-order valence-corrected chi connectivity index (χ4v) is 3.66. The summed E-state index contributed by atoms with van der Waals surface area (Å²) in [6, 6.07) is 5.84. The molecule has 0 unspecified atom stereocenters. The highest BCUT2D eigenvalue weighted by molar-refractivity contribution is 5.94. The third kappa shape index (κ3) is 6.73. The van der Waals surface area contributed by atoms with Gasteiger partial charge >= 0.3 is 5.69 Å². The Hall–Kier alpha value is -3.03. The van der Waals surface area contributed by atoms with Gasteiger partial charge in [0.1, 0.15) is 11.5 Å². The van der Waals surface area contributed by atoms with Gasteiger partial charge in [0.05, 0.1) is 6.54 Å². The molecule has 31 heavy (non-hydrogen) atoms. The van der Waals surface area contributed by atoms with Crippen LogP contribution in [0.25, 0.3) is 0 Å². The minimum atomic E-state index is -0.564. The molecular weight excluding hydrogens is 394 g/mol. The van der Waals surface area contributed by atoms with Crippen molar-refractivity contribution in [2.45, 2.75) is 66.3 Å². The monoisotopic (exact) mass is 429 g/mol. The molecule has 0 radical (unpaired) electrons. The normalized spacial score (nSPS) is 10.8. The Balaban J connectivity index is 2.34. The van der Waals surface area contributed by atoms with E-state index in [-0.39, 0.29) is 24.0 Å². The average molecular weight is 430 g/mol. The van der Waals surface area contributed by atoms with Gasteiger partial charge in [-0.25, -0.2) is 4.79 Å². The summed E-state index contributed by atoms with van der Waals surface area (Å²) in [7, 11) is 0. The van der Waals surface area contributed by atoms with E-state index in [1.807, 2.05) is 39.0 Å². The molecule has 0 bridgehead atoms. The summed E-state index contributed by atoms with van der Waals surface area (Å²) >= 11 is 0. The molecule has 0 aliphatic carbocycles. The smallest absolute Gasteiger partial charge is 0.330 e. The lowest BCUT2D eigenvalue weighted by atomic mass is 10.1. The number of nitrogens with zero attached hydrogens (tertiary/aromatic N) is 2. The maximum atomic E-state index is 12.8. The van der Waals surface area contributed by atoms with Crippen LogP contribution < -0.4 is 27.2 Å². The van der Waals surface area contributed by atoms with Crippen molar-refractivity contribution >= 4 is 23.1 Å². The molecule has 0 aliphatic rings. The van der Waals surface area contributed by atoms with Crippen LogP contribution in [0.4, 0.5) is 17.2 Å². The summed E-state index contributed by atoms with van der Waals surface area (Å²) in [6.07, 6.45) is 4.42. The molecule has 2 aromatic rings. The van der Waals surface area contributed by atoms with Crippen molar-refractivity contribution in [3.63, 3.8) is 0 Å². The van der Waals surface area contributed by atoms with Crippen LogP contribution in [0.5, 0.6) is 0 Å². The number of rotatable bonds is 11. The summed E-state index contributed by atoms with van der Waals surface area (Å²) in [4.78, 5) is 41.8. The van der Waals surface area contributed by atoms with Crippen LogP contribution in [-0.4, -0.2) is 28.5 Å². The lowest BCUT2D eigenvalue weighted by Gasteiger charge is -2.26. The zero-order chi connectivity index (χ0) is 23.0. The minimum absolute atomic E-state index is 0.0318. The number of nitrogens with one attached hydrogen (secondary N) is 2. The first-order chi connectivity index (χ1) is 14.8. The van der Waals surface area contributed by atoms with Gasteiger partial charge in [-0.1, -0.05) is 39.2 Å². The molecule has 0 fully saturated rings. The van der Waals surface area contributed by atoms with E-state index < -0.39 is 11.2 Å². The lowest BCUT2D eigenvalue weighted by molar-refractivity contribution is -0.115. The van der Waals surface area contributed by atoms with Crippen molar-refractivity contribution in [3.05, 3.63) is 50.2 Å². The second kappa shape index (κ2) is 11.4. The van der Waals surface area contributed by atoms with Crippen molar-refractivity contribution in [1.29, 1.82) is 0 Å². The largest absolute Gasteiger partial charge is 0.383 e. The number of aromatic nitrogens is 2. The number of nitrogens with two attached hydrogens (primary N) is 1. The molecule has 1 amide bonds. The number of hydrogen-bond acceptors (Lipinski definition) is 5. The van der Waals surface area contributed by atoms with Gasteiger partial charge in [0.15, 0.2) is 0 Å². The van der Waals surface area contributed by atoms with Gasteiger partial charge in [-0.15, -0.1) is 0 Å². The lowest BCUT2D eigenvalue weighted by Crippen LogP contribution is -2.42. The van der Waals surface area contributed by atoms with E-state index in [0.717, 1.165) is 43.2 Å². The van der Waals surface area contributed by atoms with E-state index in [9.17, 15) is 14.4 Å². The molecule has 1 aromatic carbocycles. The Morgan fingerprint density at radius 1 is 1.06 bits per heavy atom. The molecule has 0 saturated heterocycles. The summed E-state index contributed by atoms with van der Waals surface area (Å²) in [6.45, 7) is 8.93. The quantitative estimate of drug-likeness (QED) is 0.475. The summed E-state index contributed by atoms with van der Waals surface area (Å²) in [5, 5.41) is 2.91. The zero-order valence-corrected chi connectivity index (χ0v) is 19.1. The molecule has 0 aliphatic heterocycles. The molecule has 4 N–H and O–H groups in total. The zero-order valence-electron chi connectivity index (χ0n) is 19.1. The molecule has 1 heterocycles. The first kappa shape index (κ1) is 24.2. The number of aryl methyl sites for hydroxylation is 2. The molecule has 0 atom stereocenters. The van der Waals surface area contributed by atoms with Crippen LogP contribution in [0.1, 0.15) is 57.1 Å². The molecule has 8 heteroatoms. The van der Waals surface area contributed by atoms with Gasteiger partial charge in [0.2, 0.25) is 5.91 Å². The minimum Gasteiger partial charge on any atom is -0.383 e. The van der Waals surface area contributed by atoms with Gasteiger partial charge in [-0.2, -0.15) is 0 Å². The standard InChI is InChI=1S/C23H35N5O3/c1-5-7-9-10-27(15-19(29)25-18-13-16(3)12-17(4)14-18)20-21(24)28(11-8-6-2)23(31)26-22(20)30/h12-14H,5-11,15,24H2,1-4H3,(H,25,29)(H,26,30,31). The predicted molar refractivity (Wildman–Crippen MR) is 127 cm³/mol. The fourth-order valence-electron chi connectivity index (χ4n) is 3.66. The van der Waals surface area contributed by atoms with Crippen molar-refractivity contribution in [1.82, 2.24) is 9.55 Å². The molecule has 0 spiro atoms. The molecule has 8 nitrogen and oxygen atoms in total. The van der Waals surface area contributed by atoms with Crippen molar-refractivity contribution < 1.29 is 4.79 Å². The Morgan fingerprint density at radius 3 is 2.32 bits per heavy atom. The summed E-state index contributed by atoms with van der Waals surface area (Å²) in [5.41, 5.74) is 8.19. The number of H-pyrrole nitrogens is 1. The predicted octanol–water partition coefficient (Wildman–Crippen LogP) is 3.17. The Labute approximate surface area is 183 Å². The van der Waals surface area contributed by atoms with Gasteiger partial charge in [-0.05, 0) is 49.9 Å². The molecule has 2 rings (SSSR count). The maximum Gasteiger partial charge on any atom is 0.330 e. The van der Waals surface area contributed by atoms with E-state index in [2.05, 4.69) is 17.2 Å². The van der Waals surface area contributed by atoms with Gasteiger partial charge < -0.3 is 16.0 Å². The van der Waals surface area contributed by atoms with E-state index in [1.54, 1.807) is 4.90 Å². The fraction of sp³-hybridized carbons (Fsp3) is 0.522. The van der Waals surface area contributed by atoms with Crippen LogP contribution >= 0.6 is 0 Å². The van der Waals surface area contributed by atoms with Crippen LogP contribution in [0.2, 0.25) is 0 Å². The van der Waals surface area contributed by atoms with E-state index >= 15 is 0 Å². The Bertz CT molecular complexity index is 989. The number of hydrogen-bond donors (Lipinski definition) is 3. The number of carbonyl (C=O) groups is 1. The third-order valence-electron chi connectivity index (χ3n) is 5.14. The van der Waals surface area contributed by atoms with E-state index in [1.165, 1.54) is 4.57 Å². The highest BCUT2D eigenvalue weighted by atomic mass is 16.2. The molecule has 1 aromatic heterocycles. The van der Waals surface area contributed by atoms with Crippen LogP contribution in [0, 0.1) is 13.8 Å². The first-order valence-electron chi connectivity index (χ1n) is 11.0. The Morgan fingerprint density at radius 2 is 1.71 bits per heavy atom. The van der Waals surface area contributed by atoms with Crippen LogP contribution in [-0.2, 0) is 11.3 Å². The third-order valence-corrected chi connectivity index (χ3v) is 5.14. The number of unbranched alkanes of at least 4 members (excludes halogenated alkanes) is 3. The highest BCUT2D eigenvalue weighted by Crippen LogP contribution is 2.19. The number of nitrogen functional groups attached to an aromatic ring is 1. The van der Waals surface area contributed by atoms with Gasteiger partial charge in [0, 0.05) is 18.8 Å². The van der Waals surface area contributed by atoms with Crippen LogP contribution in [0.15, 0.2) is 27.8 Å². The summed E-state index contributed by atoms with van der Waals surface area (Å²) < 4.78 is 1.38. The van der Waals surface area contributed by atoms with Gasteiger partial charge in [0.25, 0.3) is 5.56 Å². The maximum absolute atomic E-state index is 12.8. The molecular formula is C23H35N5O3. The van der Waals surface area contributed by atoms with Crippen molar-refractivity contribution in [2.24, 2.45) is 0 Å². The average Bonchev–Trinajstić information content (AvgIpc) is 2.66. The number of amides is 1. The molecule has 0 saturated carbocycles. The van der Waals surface area contributed by atoms with Crippen molar-refractivity contribution in [3.8, 4) is 0 Å².